The summed E-state index contributed by atoms with van der Waals surface area (Å²) in [5.41, 5.74) is 2.27. The highest BCUT2D eigenvalue weighted by Gasteiger charge is 2.34. The maximum absolute atomic E-state index is 12.8. The van der Waals surface area contributed by atoms with Crippen molar-refractivity contribution in [1.29, 1.82) is 0 Å². The molecule has 6 nitrogen and oxygen atoms in total. The van der Waals surface area contributed by atoms with Gasteiger partial charge in [0, 0.05) is 25.3 Å². The number of carbonyl (C=O) groups excluding carboxylic acids is 2. The normalized spacial score (nSPS) is 20.3. The maximum atomic E-state index is 12.8. The molecule has 1 aliphatic carbocycles. The molecule has 0 saturated carbocycles. The molecule has 0 aromatic heterocycles. The molecule has 1 fully saturated rings. The Kier molecular flexibility index (Phi) is 6.37. The number of benzene rings is 1. The van der Waals surface area contributed by atoms with Gasteiger partial charge in [0.05, 0.1) is 7.11 Å². The first-order valence-electron chi connectivity index (χ1n) is 9.78. The van der Waals surface area contributed by atoms with E-state index in [1.165, 1.54) is 18.4 Å². The Bertz CT molecular complexity index is 699. The molecule has 1 N–H and O–H groups in total. The average molecular weight is 371 g/mol. The van der Waals surface area contributed by atoms with E-state index in [0.717, 1.165) is 30.7 Å². The summed E-state index contributed by atoms with van der Waals surface area (Å²) in [6.45, 7) is 3.44. The topological polar surface area (TPSA) is 61.9 Å². The van der Waals surface area contributed by atoms with Gasteiger partial charge in [0.15, 0.2) is 0 Å². The largest absolute Gasteiger partial charge is 0.497 e. The minimum absolute atomic E-state index is 0.0587. The number of methoxy groups -OCH3 is 1. The lowest BCUT2D eigenvalue weighted by Gasteiger charge is -2.39. The molecule has 1 heterocycles. The van der Waals surface area contributed by atoms with Crippen LogP contribution in [0.15, 0.2) is 35.9 Å². The number of hydrogen-bond donors (Lipinski definition) is 1. The van der Waals surface area contributed by atoms with Gasteiger partial charge >= 0.3 is 6.03 Å². The third-order valence-electron chi connectivity index (χ3n) is 5.41. The fourth-order valence-corrected chi connectivity index (χ4v) is 3.73. The lowest BCUT2D eigenvalue weighted by Crippen LogP contribution is -2.59. The molecule has 1 aliphatic heterocycles. The smallest absolute Gasteiger partial charge is 0.318 e. The predicted octanol–water partition coefficient (Wildman–Crippen LogP) is 3.33. The number of carbonyl (C=O) groups is 2. The Morgan fingerprint density at radius 1 is 1.22 bits per heavy atom. The van der Waals surface area contributed by atoms with E-state index >= 15 is 0 Å². The molecule has 6 heteroatoms. The summed E-state index contributed by atoms with van der Waals surface area (Å²) < 4.78 is 5.17. The summed E-state index contributed by atoms with van der Waals surface area (Å²) in [5, 5.41) is 2.98. The van der Waals surface area contributed by atoms with Crippen molar-refractivity contribution >= 4 is 17.6 Å². The molecular formula is C21H29N3O3. The van der Waals surface area contributed by atoms with Gasteiger partial charge in [-0.1, -0.05) is 11.6 Å². The van der Waals surface area contributed by atoms with E-state index in [4.69, 9.17) is 4.74 Å². The van der Waals surface area contributed by atoms with E-state index in [2.05, 4.69) is 11.4 Å². The Balaban J connectivity index is 1.53. The highest BCUT2D eigenvalue weighted by Crippen LogP contribution is 2.23. The molecule has 146 valence electrons. The minimum Gasteiger partial charge on any atom is -0.497 e. The molecule has 0 spiro atoms. The zero-order valence-electron chi connectivity index (χ0n) is 16.2. The second-order valence-electron chi connectivity index (χ2n) is 7.15. The lowest BCUT2D eigenvalue weighted by molar-refractivity contribution is -0.124. The monoisotopic (exact) mass is 371 g/mol. The third-order valence-corrected chi connectivity index (χ3v) is 5.41. The van der Waals surface area contributed by atoms with Crippen molar-refractivity contribution in [2.24, 2.45) is 0 Å². The number of hydrogen-bond acceptors (Lipinski definition) is 3. The third kappa shape index (κ3) is 4.62. The summed E-state index contributed by atoms with van der Waals surface area (Å²) in [6.07, 6.45) is 8.02. The van der Waals surface area contributed by atoms with Crippen LogP contribution in [0.5, 0.6) is 5.75 Å². The van der Waals surface area contributed by atoms with Crippen molar-refractivity contribution in [1.82, 2.24) is 10.2 Å². The average Bonchev–Trinajstić information content (AvgIpc) is 2.71. The quantitative estimate of drug-likeness (QED) is 0.808. The number of ether oxygens (including phenoxy) is 1. The summed E-state index contributed by atoms with van der Waals surface area (Å²) in [7, 11) is 1.62. The number of rotatable bonds is 5. The predicted molar refractivity (Wildman–Crippen MR) is 106 cm³/mol. The molecule has 1 aromatic rings. The molecule has 0 unspecified atom stereocenters. The number of nitrogens with zero attached hydrogens (tertiary/aromatic N) is 2. The van der Waals surface area contributed by atoms with Crippen molar-refractivity contribution in [2.45, 2.75) is 45.1 Å². The highest BCUT2D eigenvalue weighted by atomic mass is 16.5. The molecule has 27 heavy (non-hydrogen) atoms. The van der Waals surface area contributed by atoms with Gasteiger partial charge in [-0.2, -0.15) is 0 Å². The number of nitrogens with one attached hydrogen (secondary N) is 1. The van der Waals surface area contributed by atoms with E-state index < -0.39 is 6.04 Å². The SMILES string of the molecule is COc1ccc(N2CCN(C(=O)NCCC3=CCCCC3)[C@@H](C)C2=O)cc1. The van der Waals surface area contributed by atoms with E-state index in [0.29, 0.717) is 19.6 Å². The summed E-state index contributed by atoms with van der Waals surface area (Å²) in [6, 6.07) is 6.80. The first-order chi connectivity index (χ1) is 13.1. The van der Waals surface area contributed by atoms with Crippen LogP contribution in [0.1, 0.15) is 39.0 Å². The van der Waals surface area contributed by atoms with Crippen molar-refractivity contribution in [3.8, 4) is 5.75 Å². The second-order valence-corrected chi connectivity index (χ2v) is 7.15. The van der Waals surface area contributed by atoms with Crippen LogP contribution in [-0.4, -0.2) is 49.6 Å². The number of anilines is 1. The Morgan fingerprint density at radius 3 is 2.67 bits per heavy atom. The number of amides is 3. The van der Waals surface area contributed by atoms with Crippen LogP contribution < -0.4 is 15.0 Å². The van der Waals surface area contributed by atoms with Gasteiger partial charge in [0.2, 0.25) is 5.91 Å². The van der Waals surface area contributed by atoms with Gasteiger partial charge in [-0.15, -0.1) is 0 Å². The van der Waals surface area contributed by atoms with Crippen molar-refractivity contribution in [3.05, 3.63) is 35.9 Å². The van der Waals surface area contributed by atoms with Crippen LogP contribution in [0.25, 0.3) is 0 Å². The van der Waals surface area contributed by atoms with Gasteiger partial charge in [0.1, 0.15) is 11.8 Å². The molecule has 0 radical (unpaired) electrons. The van der Waals surface area contributed by atoms with E-state index in [-0.39, 0.29) is 11.9 Å². The van der Waals surface area contributed by atoms with Crippen LogP contribution in [0, 0.1) is 0 Å². The molecule has 1 atom stereocenters. The molecule has 1 saturated heterocycles. The standard InChI is InChI=1S/C21H29N3O3/c1-16-20(25)24(18-8-10-19(27-2)11-9-18)15-14-23(16)21(26)22-13-12-17-6-4-3-5-7-17/h6,8-11,16H,3-5,7,12-15H2,1-2H3,(H,22,26)/t16-/m0/s1. The number of urea groups is 1. The van der Waals surface area contributed by atoms with Crippen molar-refractivity contribution in [2.75, 3.05) is 31.6 Å². The van der Waals surface area contributed by atoms with Crippen LogP contribution in [0.4, 0.5) is 10.5 Å². The fraction of sp³-hybridized carbons (Fsp3) is 0.524. The summed E-state index contributed by atoms with van der Waals surface area (Å²) in [5.74, 6) is 0.696. The van der Waals surface area contributed by atoms with Crippen molar-refractivity contribution < 1.29 is 14.3 Å². The van der Waals surface area contributed by atoms with Gasteiger partial charge in [-0.25, -0.2) is 4.79 Å². The molecule has 0 bridgehead atoms. The zero-order valence-corrected chi connectivity index (χ0v) is 16.2. The summed E-state index contributed by atoms with van der Waals surface area (Å²) >= 11 is 0. The zero-order chi connectivity index (χ0) is 19.2. The Morgan fingerprint density at radius 2 is 2.00 bits per heavy atom. The van der Waals surface area contributed by atoms with Gasteiger partial charge in [-0.3, -0.25) is 4.79 Å². The van der Waals surface area contributed by atoms with Gasteiger partial charge in [-0.05, 0) is 63.3 Å². The highest BCUT2D eigenvalue weighted by molar-refractivity contribution is 6.00. The molecular weight excluding hydrogens is 342 g/mol. The molecule has 1 aromatic carbocycles. The van der Waals surface area contributed by atoms with Crippen LogP contribution in [0.3, 0.4) is 0 Å². The molecule has 3 amide bonds. The van der Waals surface area contributed by atoms with Gasteiger partial charge < -0.3 is 19.9 Å². The first kappa shape index (κ1) is 19.3. The fourth-order valence-electron chi connectivity index (χ4n) is 3.73. The number of piperazine rings is 1. The van der Waals surface area contributed by atoms with E-state index in [1.54, 1.807) is 23.8 Å². The van der Waals surface area contributed by atoms with Crippen LogP contribution >= 0.6 is 0 Å². The van der Waals surface area contributed by atoms with Crippen LogP contribution in [-0.2, 0) is 4.79 Å². The second kappa shape index (κ2) is 8.93. The lowest BCUT2D eigenvalue weighted by atomic mass is 9.97. The Labute approximate surface area is 161 Å². The molecule has 2 aliphatic rings. The Hall–Kier alpha value is -2.50. The van der Waals surface area contributed by atoms with Gasteiger partial charge in [0.25, 0.3) is 0 Å². The maximum Gasteiger partial charge on any atom is 0.318 e. The van der Waals surface area contributed by atoms with E-state index in [9.17, 15) is 9.59 Å². The van der Waals surface area contributed by atoms with Crippen LogP contribution in [0.2, 0.25) is 0 Å². The van der Waals surface area contributed by atoms with Crippen molar-refractivity contribution in [3.63, 3.8) is 0 Å². The number of allylic oxidation sites excluding steroid dienone is 1. The van der Waals surface area contributed by atoms with E-state index in [1.807, 2.05) is 24.3 Å². The molecule has 3 rings (SSSR count). The first-order valence-corrected chi connectivity index (χ1v) is 9.78. The summed E-state index contributed by atoms with van der Waals surface area (Å²) in [4.78, 5) is 28.7. The minimum atomic E-state index is -0.477.